The van der Waals surface area contributed by atoms with Crippen molar-refractivity contribution in [3.05, 3.63) is 65.3 Å². The van der Waals surface area contributed by atoms with Crippen LogP contribution in [0.3, 0.4) is 0 Å². The minimum Gasteiger partial charge on any atom is -0.482 e. The number of ether oxygens (including phenoxy) is 2. The van der Waals surface area contributed by atoms with E-state index in [-0.39, 0.29) is 24.9 Å². The smallest absolute Gasteiger partial charge is 0.344 e. The summed E-state index contributed by atoms with van der Waals surface area (Å²) in [4.78, 5) is 15.9. The first-order valence-corrected chi connectivity index (χ1v) is 7.95. The lowest BCUT2D eigenvalue weighted by atomic mass is 10.1. The molecule has 0 N–H and O–H groups in total. The van der Waals surface area contributed by atoms with Crippen LogP contribution in [0.15, 0.2) is 47.0 Å². The van der Waals surface area contributed by atoms with E-state index in [1.807, 2.05) is 32.0 Å². The summed E-state index contributed by atoms with van der Waals surface area (Å²) in [5.41, 5.74) is 2.70. The minimum absolute atomic E-state index is 0.143. The Kier molecular flexibility index (Phi) is 5.26. The Hall–Kier alpha value is -3.22. The van der Waals surface area contributed by atoms with E-state index in [1.54, 1.807) is 0 Å². The fraction of sp³-hybridized carbons (Fsp3) is 0.211. The molecule has 0 aliphatic rings. The number of halogens is 1. The van der Waals surface area contributed by atoms with Crippen LogP contribution in [0.1, 0.15) is 17.0 Å². The summed E-state index contributed by atoms with van der Waals surface area (Å²) >= 11 is 0. The van der Waals surface area contributed by atoms with Crippen molar-refractivity contribution in [2.24, 2.45) is 0 Å². The lowest BCUT2D eigenvalue weighted by Crippen LogP contribution is -2.15. The Morgan fingerprint density at radius 3 is 2.50 bits per heavy atom. The van der Waals surface area contributed by atoms with Gasteiger partial charge in [0.15, 0.2) is 13.2 Å². The molecule has 0 atom stereocenters. The molecule has 1 heterocycles. The van der Waals surface area contributed by atoms with E-state index in [2.05, 4.69) is 10.1 Å². The van der Waals surface area contributed by atoms with Crippen LogP contribution in [0.25, 0.3) is 11.4 Å². The van der Waals surface area contributed by atoms with Gasteiger partial charge in [0, 0.05) is 5.56 Å². The largest absolute Gasteiger partial charge is 0.482 e. The maximum absolute atomic E-state index is 12.9. The number of benzene rings is 2. The van der Waals surface area contributed by atoms with Gasteiger partial charge in [-0.3, -0.25) is 0 Å². The van der Waals surface area contributed by atoms with Crippen molar-refractivity contribution in [1.82, 2.24) is 10.1 Å². The van der Waals surface area contributed by atoms with Gasteiger partial charge in [0.05, 0.1) is 0 Å². The van der Waals surface area contributed by atoms with Gasteiger partial charge in [-0.05, 0) is 61.4 Å². The van der Waals surface area contributed by atoms with E-state index < -0.39 is 5.97 Å². The average molecular weight is 356 g/mol. The summed E-state index contributed by atoms with van der Waals surface area (Å²) in [6, 6.07) is 11.4. The molecule has 3 rings (SSSR count). The van der Waals surface area contributed by atoms with Crippen molar-refractivity contribution < 1.29 is 23.2 Å². The van der Waals surface area contributed by atoms with Gasteiger partial charge >= 0.3 is 5.97 Å². The number of aryl methyl sites for hydroxylation is 2. The van der Waals surface area contributed by atoms with Gasteiger partial charge in [-0.15, -0.1) is 0 Å². The molecule has 7 heteroatoms. The van der Waals surface area contributed by atoms with Crippen molar-refractivity contribution in [2.45, 2.75) is 20.5 Å². The third-order valence-electron chi connectivity index (χ3n) is 3.48. The first kappa shape index (κ1) is 17.6. The van der Waals surface area contributed by atoms with Crippen LogP contribution < -0.4 is 4.74 Å². The molecule has 0 aliphatic heterocycles. The molecule has 0 aliphatic carbocycles. The van der Waals surface area contributed by atoms with Crippen LogP contribution in [-0.2, 0) is 16.1 Å². The first-order valence-electron chi connectivity index (χ1n) is 7.95. The lowest BCUT2D eigenvalue weighted by Gasteiger charge is -2.07. The molecule has 0 amide bonds. The second-order valence-corrected chi connectivity index (χ2v) is 5.79. The summed E-state index contributed by atoms with van der Waals surface area (Å²) in [5.74, 6) is 0.142. The molecule has 2 aromatic carbocycles. The molecule has 0 fully saturated rings. The number of aromatic nitrogens is 2. The molecular formula is C19H17FN2O4. The maximum atomic E-state index is 12.9. The molecule has 1 aromatic heterocycles. The molecule has 0 bridgehead atoms. The number of rotatable bonds is 6. The highest BCUT2D eigenvalue weighted by Gasteiger charge is 2.12. The number of nitrogens with zero attached hydrogens (tertiary/aromatic N) is 2. The van der Waals surface area contributed by atoms with Gasteiger partial charge in [-0.2, -0.15) is 4.98 Å². The van der Waals surface area contributed by atoms with Crippen molar-refractivity contribution in [1.29, 1.82) is 0 Å². The van der Waals surface area contributed by atoms with Gasteiger partial charge in [-0.25, -0.2) is 9.18 Å². The van der Waals surface area contributed by atoms with E-state index in [9.17, 15) is 9.18 Å². The Bertz CT molecular complexity index is 886. The number of hydrogen-bond donors (Lipinski definition) is 0. The molecule has 26 heavy (non-hydrogen) atoms. The summed E-state index contributed by atoms with van der Waals surface area (Å²) in [5, 5.41) is 3.78. The summed E-state index contributed by atoms with van der Waals surface area (Å²) in [7, 11) is 0. The van der Waals surface area contributed by atoms with Crippen molar-refractivity contribution in [3.63, 3.8) is 0 Å². The molecular weight excluding hydrogens is 339 g/mol. The number of hydrogen-bond acceptors (Lipinski definition) is 6. The Morgan fingerprint density at radius 1 is 1.12 bits per heavy atom. The third-order valence-corrected chi connectivity index (χ3v) is 3.48. The topological polar surface area (TPSA) is 74.5 Å². The van der Waals surface area contributed by atoms with E-state index in [0.717, 1.165) is 11.1 Å². The first-order chi connectivity index (χ1) is 12.5. The standard InChI is InChI=1S/C19H17FN2O4/c1-12-7-13(2)9-16(8-12)24-11-18(23)25-10-17-21-19(22-26-17)14-3-5-15(20)6-4-14/h3-9H,10-11H2,1-2H3. The minimum atomic E-state index is -0.550. The predicted molar refractivity (Wildman–Crippen MR) is 90.9 cm³/mol. The highest BCUT2D eigenvalue weighted by molar-refractivity contribution is 5.71. The van der Waals surface area contributed by atoms with Gasteiger partial charge in [0.25, 0.3) is 5.89 Å². The lowest BCUT2D eigenvalue weighted by molar-refractivity contribution is -0.148. The average Bonchev–Trinajstić information content (AvgIpc) is 3.07. The van der Waals surface area contributed by atoms with Crippen molar-refractivity contribution in [3.8, 4) is 17.1 Å². The summed E-state index contributed by atoms with van der Waals surface area (Å²) in [6.45, 7) is 3.52. The van der Waals surface area contributed by atoms with Gasteiger partial charge in [0.1, 0.15) is 11.6 Å². The predicted octanol–water partition coefficient (Wildman–Crippen LogP) is 3.61. The summed E-state index contributed by atoms with van der Waals surface area (Å²) in [6.07, 6.45) is 0. The third kappa shape index (κ3) is 4.66. The molecule has 134 valence electrons. The zero-order chi connectivity index (χ0) is 18.5. The molecule has 0 spiro atoms. The Morgan fingerprint density at radius 2 is 1.81 bits per heavy atom. The van der Waals surface area contributed by atoms with E-state index >= 15 is 0 Å². The van der Waals surface area contributed by atoms with Gasteiger partial charge in [-0.1, -0.05) is 11.2 Å². The molecule has 0 radical (unpaired) electrons. The highest BCUT2D eigenvalue weighted by Crippen LogP contribution is 2.17. The zero-order valence-electron chi connectivity index (χ0n) is 14.4. The Labute approximate surface area is 149 Å². The maximum Gasteiger partial charge on any atom is 0.344 e. The van der Waals surface area contributed by atoms with Gasteiger partial charge < -0.3 is 14.0 Å². The fourth-order valence-electron chi connectivity index (χ4n) is 2.37. The monoisotopic (exact) mass is 356 g/mol. The normalized spacial score (nSPS) is 10.6. The fourth-order valence-corrected chi connectivity index (χ4v) is 2.37. The number of carbonyl (C=O) groups is 1. The molecule has 0 unspecified atom stereocenters. The number of carbonyl (C=O) groups excluding carboxylic acids is 1. The quantitative estimate of drug-likeness (QED) is 0.628. The van der Waals surface area contributed by atoms with E-state index in [4.69, 9.17) is 14.0 Å². The second-order valence-electron chi connectivity index (χ2n) is 5.79. The number of esters is 1. The van der Waals surface area contributed by atoms with Gasteiger partial charge in [0.2, 0.25) is 5.82 Å². The molecule has 0 saturated carbocycles. The van der Waals surface area contributed by atoms with Crippen LogP contribution in [0.4, 0.5) is 4.39 Å². The molecule has 3 aromatic rings. The van der Waals surface area contributed by atoms with Crippen LogP contribution in [-0.4, -0.2) is 22.7 Å². The van der Waals surface area contributed by atoms with E-state index in [1.165, 1.54) is 24.3 Å². The van der Waals surface area contributed by atoms with Crippen LogP contribution in [0, 0.1) is 19.7 Å². The summed E-state index contributed by atoms with van der Waals surface area (Å²) < 4.78 is 28.4. The molecule has 6 nitrogen and oxygen atoms in total. The van der Waals surface area contributed by atoms with E-state index in [0.29, 0.717) is 17.1 Å². The van der Waals surface area contributed by atoms with Crippen molar-refractivity contribution in [2.75, 3.05) is 6.61 Å². The second kappa shape index (κ2) is 7.77. The molecule has 0 saturated heterocycles. The SMILES string of the molecule is Cc1cc(C)cc(OCC(=O)OCc2nc(-c3ccc(F)cc3)no2)c1. The Balaban J connectivity index is 1.51. The van der Waals surface area contributed by atoms with Crippen LogP contribution >= 0.6 is 0 Å². The van der Waals surface area contributed by atoms with Crippen LogP contribution in [0.2, 0.25) is 0 Å². The highest BCUT2D eigenvalue weighted by atomic mass is 19.1. The zero-order valence-corrected chi connectivity index (χ0v) is 14.4. The van der Waals surface area contributed by atoms with Crippen LogP contribution in [0.5, 0.6) is 5.75 Å². The van der Waals surface area contributed by atoms with Crippen molar-refractivity contribution >= 4 is 5.97 Å².